The first-order valence-electron chi connectivity index (χ1n) is 8.91. The fourth-order valence-corrected chi connectivity index (χ4v) is 2.77. The van der Waals surface area contributed by atoms with Gasteiger partial charge in [-0.05, 0) is 41.3 Å². The van der Waals surface area contributed by atoms with Crippen molar-refractivity contribution in [1.29, 1.82) is 0 Å². The van der Waals surface area contributed by atoms with E-state index < -0.39 is 0 Å². The zero-order chi connectivity index (χ0) is 19.2. The molecular formula is C20H23N5O2. The minimum Gasteiger partial charge on any atom is -0.497 e. The molecule has 0 radical (unpaired) electrons. The van der Waals surface area contributed by atoms with E-state index >= 15 is 0 Å². The van der Waals surface area contributed by atoms with Gasteiger partial charge in [0.1, 0.15) is 12.3 Å². The second-order valence-corrected chi connectivity index (χ2v) is 6.32. The minimum absolute atomic E-state index is 0.00813. The van der Waals surface area contributed by atoms with Crippen LogP contribution in [-0.2, 0) is 11.3 Å². The van der Waals surface area contributed by atoms with Gasteiger partial charge in [-0.15, -0.1) is 10.2 Å². The molecule has 0 aliphatic carbocycles. The molecule has 1 N–H and O–H groups in total. The van der Waals surface area contributed by atoms with Gasteiger partial charge in [0, 0.05) is 11.3 Å². The lowest BCUT2D eigenvalue weighted by Crippen LogP contribution is -2.21. The lowest BCUT2D eigenvalue weighted by molar-refractivity contribution is -0.117. The average Bonchev–Trinajstić information content (AvgIpc) is 3.16. The van der Waals surface area contributed by atoms with Crippen LogP contribution in [0.1, 0.15) is 31.7 Å². The third-order valence-electron chi connectivity index (χ3n) is 4.44. The van der Waals surface area contributed by atoms with Gasteiger partial charge in [0.2, 0.25) is 11.7 Å². The van der Waals surface area contributed by atoms with Crippen LogP contribution in [0, 0.1) is 0 Å². The number of hydrogen-bond acceptors (Lipinski definition) is 5. The first-order valence-corrected chi connectivity index (χ1v) is 8.91. The Kier molecular flexibility index (Phi) is 5.80. The van der Waals surface area contributed by atoms with E-state index in [2.05, 4.69) is 34.6 Å². The van der Waals surface area contributed by atoms with E-state index in [1.165, 1.54) is 4.80 Å². The summed E-state index contributed by atoms with van der Waals surface area (Å²) in [4.78, 5) is 13.7. The van der Waals surface area contributed by atoms with Crippen molar-refractivity contribution in [3.63, 3.8) is 0 Å². The predicted octanol–water partition coefficient (Wildman–Crippen LogP) is 3.50. The zero-order valence-corrected chi connectivity index (χ0v) is 15.7. The summed E-state index contributed by atoms with van der Waals surface area (Å²) in [7, 11) is 1.60. The van der Waals surface area contributed by atoms with Crippen LogP contribution in [0.2, 0.25) is 0 Å². The Morgan fingerprint density at radius 3 is 2.81 bits per heavy atom. The van der Waals surface area contributed by atoms with Gasteiger partial charge in [-0.2, -0.15) is 4.80 Å². The van der Waals surface area contributed by atoms with Crippen molar-refractivity contribution < 1.29 is 9.53 Å². The minimum atomic E-state index is -0.194. The number of carbonyl (C=O) groups excluding carboxylic acids is 1. The Morgan fingerprint density at radius 1 is 1.22 bits per heavy atom. The van der Waals surface area contributed by atoms with Crippen LogP contribution in [0.15, 0.2) is 48.5 Å². The number of methoxy groups -OCH3 is 1. The number of ether oxygens (including phenoxy) is 1. The highest BCUT2D eigenvalue weighted by Crippen LogP contribution is 2.26. The molecule has 0 aliphatic rings. The summed E-state index contributed by atoms with van der Waals surface area (Å²) in [5.74, 6) is 1.33. The lowest BCUT2D eigenvalue weighted by atomic mass is 9.97. The van der Waals surface area contributed by atoms with E-state index in [-0.39, 0.29) is 12.5 Å². The largest absolute Gasteiger partial charge is 0.497 e. The van der Waals surface area contributed by atoms with E-state index in [0.717, 1.165) is 23.2 Å². The monoisotopic (exact) mass is 365 g/mol. The number of tetrazole rings is 1. The molecule has 1 amide bonds. The standard InChI is InChI=1S/C20H23N5O2/c1-4-14(2)17-10-5-6-11-18(17)21-19(26)13-25-23-20(22-24-25)15-8-7-9-16(12-15)27-3/h5-12,14H,4,13H2,1-3H3,(H,21,26). The smallest absolute Gasteiger partial charge is 0.248 e. The van der Waals surface area contributed by atoms with Crippen molar-refractivity contribution in [2.45, 2.75) is 32.7 Å². The molecule has 0 saturated carbocycles. The van der Waals surface area contributed by atoms with Gasteiger partial charge in [-0.3, -0.25) is 4.79 Å². The van der Waals surface area contributed by atoms with Crippen molar-refractivity contribution in [3.8, 4) is 17.1 Å². The summed E-state index contributed by atoms with van der Waals surface area (Å²) in [5, 5.41) is 15.2. The summed E-state index contributed by atoms with van der Waals surface area (Å²) in [6.07, 6.45) is 1.00. The number of nitrogens with zero attached hydrogens (tertiary/aromatic N) is 4. The molecule has 0 bridgehead atoms. The molecular weight excluding hydrogens is 342 g/mol. The molecule has 0 saturated heterocycles. The van der Waals surface area contributed by atoms with Crippen LogP contribution in [0.3, 0.4) is 0 Å². The molecule has 7 nitrogen and oxygen atoms in total. The Labute approximate surface area is 158 Å². The Balaban J connectivity index is 1.70. The van der Waals surface area contributed by atoms with E-state index in [9.17, 15) is 4.79 Å². The van der Waals surface area contributed by atoms with Gasteiger partial charge in [0.05, 0.1) is 7.11 Å². The zero-order valence-electron chi connectivity index (χ0n) is 15.7. The van der Waals surface area contributed by atoms with Crippen LogP contribution in [0.25, 0.3) is 11.4 Å². The maximum Gasteiger partial charge on any atom is 0.248 e. The normalized spacial score (nSPS) is 11.8. The van der Waals surface area contributed by atoms with Gasteiger partial charge in [-0.25, -0.2) is 0 Å². The van der Waals surface area contributed by atoms with Gasteiger partial charge in [-0.1, -0.05) is 44.2 Å². The number of hydrogen-bond donors (Lipinski definition) is 1. The van der Waals surface area contributed by atoms with Gasteiger partial charge >= 0.3 is 0 Å². The van der Waals surface area contributed by atoms with E-state index in [1.54, 1.807) is 7.11 Å². The fourth-order valence-electron chi connectivity index (χ4n) is 2.77. The van der Waals surface area contributed by atoms with Crippen molar-refractivity contribution in [3.05, 3.63) is 54.1 Å². The first-order chi connectivity index (χ1) is 13.1. The molecule has 1 heterocycles. The molecule has 0 fully saturated rings. The summed E-state index contributed by atoms with van der Waals surface area (Å²) >= 11 is 0. The van der Waals surface area contributed by atoms with Crippen LogP contribution in [0.5, 0.6) is 5.75 Å². The van der Waals surface area contributed by atoms with E-state index in [1.807, 2.05) is 48.5 Å². The molecule has 140 valence electrons. The average molecular weight is 365 g/mol. The number of anilines is 1. The van der Waals surface area contributed by atoms with Gasteiger partial charge in [0.15, 0.2) is 0 Å². The Bertz CT molecular complexity index is 922. The number of nitrogens with one attached hydrogen (secondary N) is 1. The van der Waals surface area contributed by atoms with Crippen molar-refractivity contribution in [1.82, 2.24) is 20.2 Å². The maximum absolute atomic E-state index is 12.4. The quantitative estimate of drug-likeness (QED) is 0.693. The van der Waals surface area contributed by atoms with Crippen LogP contribution in [0.4, 0.5) is 5.69 Å². The highest BCUT2D eigenvalue weighted by molar-refractivity contribution is 5.91. The number of carbonyl (C=O) groups is 1. The fraction of sp³-hybridized carbons (Fsp3) is 0.300. The highest BCUT2D eigenvalue weighted by Gasteiger charge is 2.13. The molecule has 1 atom stereocenters. The molecule has 1 aromatic heterocycles. The Hall–Kier alpha value is -3.22. The predicted molar refractivity (Wildman–Crippen MR) is 104 cm³/mol. The summed E-state index contributed by atoms with van der Waals surface area (Å²) in [6.45, 7) is 4.26. The number of benzene rings is 2. The SMILES string of the molecule is CCC(C)c1ccccc1NC(=O)Cn1nnc(-c2cccc(OC)c2)n1. The first kappa shape index (κ1) is 18.6. The third kappa shape index (κ3) is 4.49. The maximum atomic E-state index is 12.4. The van der Waals surface area contributed by atoms with Gasteiger partial charge in [0.25, 0.3) is 0 Å². The molecule has 0 spiro atoms. The lowest BCUT2D eigenvalue weighted by Gasteiger charge is -2.15. The second-order valence-electron chi connectivity index (χ2n) is 6.32. The number of para-hydroxylation sites is 1. The highest BCUT2D eigenvalue weighted by atomic mass is 16.5. The van der Waals surface area contributed by atoms with Crippen molar-refractivity contribution >= 4 is 11.6 Å². The van der Waals surface area contributed by atoms with E-state index in [0.29, 0.717) is 17.5 Å². The second kappa shape index (κ2) is 8.44. The third-order valence-corrected chi connectivity index (χ3v) is 4.44. The molecule has 2 aromatic carbocycles. The number of rotatable bonds is 7. The van der Waals surface area contributed by atoms with Gasteiger partial charge < -0.3 is 10.1 Å². The molecule has 1 unspecified atom stereocenters. The molecule has 3 aromatic rings. The van der Waals surface area contributed by atoms with Crippen LogP contribution < -0.4 is 10.1 Å². The van der Waals surface area contributed by atoms with Crippen molar-refractivity contribution in [2.75, 3.05) is 12.4 Å². The summed E-state index contributed by atoms with van der Waals surface area (Å²) in [6, 6.07) is 15.2. The Morgan fingerprint density at radius 2 is 2.04 bits per heavy atom. The van der Waals surface area contributed by atoms with E-state index in [4.69, 9.17) is 4.74 Å². The molecule has 0 aliphatic heterocycles. The number of amides is 1. The summed E-state index contributed by atoms with van der Waals surface area (Å²) in [5.41, 5.74) is 2.73. The van der Waals surface area contributed by atoms with Crippen LogP contribution in [-0.4, -0.2) is 33.2 Å². The number of aromatic nitrogens is 4. The van der Waals surface area contributed by atoms with Crippen LogP contribution >= 0.6 is 0 Å². The molecule has 27 heavy (non-hydrogen) atoms. The molecule has 3 rings (SSSR count). The molecule has 7 heteroatoms. The summed E-state index contributed by atoms with van der Waals surface area (Å²) < 4.78 is 5.21. The topological polar surface area (TPSA) is 81.9 Å². The van der Waals surface area contributed by atoms with Crippen molar-refractivity contribution in [2.24, 2.45) is 0 Å².